The minimum atomic E-state index is -0.189. The second kappa shape index (κ2) is 7.67. The van der Waals surface area contributed by atoms with Crippen molar-refractivity contribution < 1.29 is 13.9 Å². The first-order valence-corrected chi connectivity index (χ1v) is 10.4. The van der Waals surface area contributed by atoms with Crippen LogP contribution in [0, 0.1) is 13.8 Å². The molecule has 158 valence electrons. The molecule has 1 atom stereocenters. The topological polar surface area (TPSA) is 102 Å². The third-order valence-electron chi connectivity index (χ3n) is 5.76. The molecule has 1 amide bonds. The molecule has 3 aromatic rings. The lowest BCUT2D eigenvalue weighted by molar-refractivity contribution is -0.0297. The SMILES string of the molecule is Cc1cc(C(=O)N2CCO[C@@H](Cn3nnc4c(N5CCCC5)ncnc43)C2)c(C)o1. The molecule has 3 aromatic heterocycles. The van der Waals surface area contributed by atoms with Gasteiger partial charge in [0.05, 0.1) is 24.8 Å². The molecule has 0 aromatic carbocycles. The normalized spacial score (nSPS) is 19.7. The Hall–Kier alpha value is -3.01. The van der Waals surface area contributed by atoms with Crippen molar-refractivity contribution in [3.8, 4) is 0 Å². The highest BCUT2D eigenvalue weighted by Crippen LogP contribution is 2.24. The molecular weight excluding hydrogens is 386 g/mol. The van der Waals surface area contributed by atoms with Crippen molar-refractivity contribution >= 4 is 22.9 Å². The van der Waals surface area contributed by atoms with Crippen LogP contribution in [-0.2, 0) is 11.3 Å². The Kier molecular flexibility index (Phi) is 4.86. The van der Waals surface area contributed by atoms with Crippen molar-refractivity contribution in [1.29, 1.82) is 0 Å². The van der Waals surface area contributed by atoms with E-state index in [0.29, 0.717) is 48.7 Å². The van der Waals surface area contributed by atoms with E-state index < -0.39 is 0 Å². The number of fused-ring (bicyclic) bond motifs is 1. The molecule has 2 fully saturated rings. The Morgan fingerprint density at radius 1 is 1.20 bits per heavy atom. The zero-order valence-corrected chi connectivity index (χ0v) is 17.2. The van der Waals surface area contributed by atoms with Crippen LogP contribution in [0.1, 0.15) is 34.7 Å². The number of morpholine rings is 1. The van der Waals surface area contributed by atoms with Gasteiger partial charge in [0.1, 0.15) is 17.8 Å². The third kappa shape index (κ3) is 3.41. The van der Waals surface area contributed by atoms with E-state index in [1.807, 2.05) is 18.7 Å². The first-order chi connectivity index (χ1) is 14.6. The van der Waals surface area contributed by atoms with Gasteiger partial charge < -0.3 is 19.0 Å². The zero-order valence-electron chi connectivity index (χ0n) is 17.2. The number of hydrogen-bond acceptors (Lipinski definition) is 8. The summed E-state index contributed by atoms with van der Waals surface area (Å²) < 4.78 is 13.2. The summed E-state index contributed by atoms with van der Waals surface area (Å²) in [6.45, 7) is 7.61. The van der Waals surface area contributed by atoms with Gasteiger partial charge in [0.25, 0.3) is 5.91 Å². The second-order valence-electron chi connectivity index (χ2n) is 7.91. The monoisotopic (exact) mass is 411 g/mol. The molecule has 0 N–H and O–H groups in total. The van der Waals surface area contributed by atoms with Gasteiger partial charge >= 0.3 is 0 Å². The highest BCUT2D eigenvalue weighted by Gasteiger charge is 2.28. The highest BCUT2D eigenvalue weighted by atomic mass is 16.5. The van der Waals surface area contributed by atoms with E-state index in [-0.39, 0.29) is 12.0 Å². The van der Waals surface area contributed by atoms with Crippen molar-refractivity contribution in [1.82, 2.24) is 29.9 Å². The van der Waals surface area contributed by atoms with Gasteiger partial charge in [-0.15, -0.1) is 5.10 Å². The van der Waals surface area contributed by atoms with Crippen LogP contribution in [-0.4, -0.2) is 74.7 Å². The maximum Gasteiger partial charge on any atom is 0.257 e. The minimum Gasteiger partial charge on any atom is -0.466 e. The summed E-state index contributed by atoms with van der Waals surface area (Å²) in [5.41, 5.74) is 2.02. The predicted molar refractivity (Wildman–Crippen MR) is 108 cm³/mol. The summed E-state index contributed by atoms with van der Waals surface area (Å²) in [7, 11) is 0. The molecule has 0 saturated carbocycles. The fourth-order valence-corrected chi connectivity index (χ4v) is 4.28. The van der Waals surface area contributed by atoms with Crippen LogP contribution < -0.4 is 4.90 Å². The Morgan fingerprint density at radius 2 is 2.03 bits per heavy atom. The van der Waals surface area contributed by atoms with Gasteiger partial charge in [0.2, 0.25) is 0 Å². The molecule has 2 aliphatic heterocycles. The van der Waals surface area contributed by atoms with E-state index in [1.165, 1.54) is 0 Å². The number of carbonyl (C=O) groups excluding carboxylic acids is 1. The quantitative estimate of drug-likeness (QED) is 0.638. The first-order valence-electron chi connectivity index (χ1n) is 10.4. The number of anilines is 1. The third-order valence-corrected chi connectivity index (χ3v) is 5.76. The van der Waals surface area contributed by atoms with Crippen LogP contribution in [0.25, 0.3) is 11.2 Å². The molecule has 0 bridgehead atoms. The number of aryl methyl sites for hydroxylation is 2. The summed E-state index contributed by atoms with van der Waals surface area (Å²) in [6, 6.07) is 1.80. The molecule has 2 saturated heterocycles. The van der Waals surface area contributed by atoms with Gasteiger partial charge in [0, 0.05) is 26.2 Å². The summed E-state index contributed by atoms with van der Waals surface area (Å²) in [5.74, 6) is 2.20. The number of nitrogens with zero attached hydrogens (tertiary/aromatic N) is 7. The molecule has 5 rings (SSSR count). The van der Waals surface area contributed by atoms with Crippen LogP contribution in [0.2, 0.25) is 0 Å². The summed E-state index contributed by atoms with van der Waals surface area (Å²) in [5, 5.41) is 8.65. The Morgan fingerprint density at radius 3 is 2.80 bits per heavy atom. The fraction of sp³-hybridized carbons (Fsp3) is 0.550. The molecular formula is C20H25N7O3. The number of amides is 1. The number of ether oxygens (including phenoxy) is 1. The lowest BCUT2D eigenvalue weighted by Crippen LogP contribution is -2.47. The largest absolute Gasteiger partial charge is 0.466 e. The van der Waals surface area contributed by atoms with Crippen molar-refractivity contribution in [2.24, 2.45) is 0 Å². The molecule has 10 heteroatoms. The Balaban J connectivity index is 1.33. The minimum absolute atomic E-state index is 0.0280. The van der Waals surface area contributed by atoms with Crippen molar-refractivity contribution in [2.75, 3.05) is 37.7 Å². The highest BCUT2D eigenvalue weighted by molar-refractivity contribution is 5.95. The molecule has 5 heterocycles. The molecule has 0 spiro atoms. The molecule has 30 heavy (non-hydrogen) atoms. The smallest absolute Gasteiger partial charge is 0.257 e. The average Bonchev–Trinajstić information content (AvgIpc) is 3.48. The van der Waals surface area contributed by atoms with Gasteiger partial charge in [-0.1, -0.05) is 5.21 Å². The summed E-state index contributed by atoms with van der Waals surface area (Å²) in [6.07, 6.45) is 3.70. The van der Waals surface area contributed by atoms with E-state index >= 15 is 0 Å². The van der Waals surface area contributed by atoms with Gasteiger partial charge in [-0.2, -0.15) is 0 Å². The number of carbonyl (C=O) groups is 1. The number of hydrogen-bond donors (Lipinski definition) is 0. The number of furan rings is 1. The van der Waals surface area contributed by atoms with Gasteiger partial charge in [-0.25, -0.2) is 14.6 Å². The predicted octanol–water partition coefficient (Wildman–Crippen LogP) is 1.57. The lowest BCUT2D eigenvalue weighted by Gasteiger charge is -2.32. The molecule has 2 aliphatic rings. The first kappa shape index (κ1) is 19.0. The second-order valence-corrected chi connectivity index (χ2v) is 7.91. The van der Waals surface area contributed by atoms with E-state index in [2.05, 4.69) is 25.2 Å². The van der Waals surface area contributed by atoms with Crippen LogP contribution in [0.4, 0.5) is 5.82 Å². The molecule has 10 nitrogen and oxygen atoms in total. The standard InChI is InChI=1S/C20H25N7O3/c1-13-9-16(14(2)30-13)20(28)26-7-8-29-15(10-26)11-27-19-17(23-24-27)18(21-12-22-19)25-5-3-4-6-25/h9,12,15H,3-8,10-11H2,1-2H3/t15-/m1/s1. The number of aromatic nitrogens is 5. The van der Waals surface area contributed by atoms with Crippen LogP contribution in [0.3, 0.4) is 0 Å². The average molecular weight is 411 g/mol. The van der Waals surface area contributed by atoms with Crippen LogP contribution in [0.5, 0.6) is 0 Å². The van der Waals surface area contributed by atoms with E-state index in [0.717, 1.165) is 37.5 Å². The number of rotatable bonds is 4. The van der Waals surface area contributed by atoms with E-state index in [4.69, 9.17) is 9.15 Å². The van der Waals surface area contributed by atoms with Gasteiger partial charge in [-0.3, -0.25) is 4.79 Å². The van der Waals surface area contributed by atoms with Crippen molar-refractivity contribution in [2.45, 2.75) is 39.3 Å². The van der Waals surface area contributed by atoms with Crippen molar-refractivity contribution in [3.05, 3.63) is 29.5 Å². The van der Waals surface area contributed by atoms with E-state index in [1.54, 1.807) is 17.1 Å². The summed E-state index contributed by atoms with van der Waals surface area (Å²) >= 11 is 0. The summed E-state index contributed by atoms with van der Waals surface area (Å²) in [4.78, 5) is 25.8. The van der Waals surface area contributed by atoms with Gasteiger partial charge in [0.15, 0.2) is 17.0 Å². The van der Waals surface area contributed by atoms with E-state index in [9.17, 15) is 4.79 Å². The van der Waals surface area contributed by atoms with Crippen LogP contribution >= 0.6 is 0 Å². The molecule has 0 aliphatic carbocycles. The fourth-order valence-electron chi connectivity index (χ4n) is 4.28. The van der Waals surface area contributed by atoms with Crippen LogP contribution in [0.15, 0.2) is 16.8 Å². The molecule has 0 unspecified atom stereocenters. The maximum absolute atomic E-state index is 12.9. The zero-order chi connectivity index (χ0) is 20.7. The van der Waals surface area contributed by atoms with Crippen molar-refractivity contribution in [3.63, 3.8) is 0 Å². The van der Waals surface area contributed by atoms with Gasteiger partial charge in [-0.05, 0) is 32.8 Å². The molecule has 0 radical (unpaired) electrons. The Labute approximate surface area is 173 Å². The lowest BCUT2D eigenvalue weighted by atomic mass is 10.2. The Bertz CT molecular complexity index is 1070. The maximum atomic E-state index is 12.9.